The maximum Gasteiger partial charge on any atom is 0.301 e. The van der Waals surface area contributed by atoms with Crippen molar-refractivity contribution in [3.05, 3.63) is 23.7 Å². The normalized spacial score (nSPS) is 17.1. The number of carbonyl (C=O) groups excluding carboxylic acids is 1. The molecule has 0 aliphatic heterocycles. The molecule has 5 nitrogen and oxygen atoms in total. The number of hydrogen-bond donors (Lipinski definition) is 2. The van der Waals surface area contributed by atoms with Crippen LogP contribution in [0.1, 0.15) is 48.2 Å². The van der Waals surface area contributed by atoms with Gasteiger partial charge in [-0.15, -0.1) is 0 Å². The molecule has 1 heterocycles. The van der Waals surface area contributed by atoms with Gasteiger partial charge in [0, 0.05) is 18.2 Å². The number of hydrazine groups is 1. The van der Waals surface area contributed by atoms with E-state index in [0.29, 0.717) is 11.8 Å². The molecule has 0 atom stereocenters. The molecule has 0 aromatic carbocycles. The summed E-state index contributed by atoms with van der Waals surface area (Å²) < 4.78 is 5.19. The van der Waals surface area contributed by atoms with Gasteiger partial charge in [-0.05, 0) is 26.0 Å². The minimum atomic E-state index is -0.368. The lowest BCUT2D eigenvalue weighted by Gasteiger charge is -2.30. The number of nitrogens with one attached hydrogen (secondary N) is 1. The molecule has 1 aromatic heterocycles. The van der Waals surface area contributed by atoms with Crippen LogP contribution in [0.3, 0.4) is 0 Å². The molecule has 0 unspecified atom stereocenters. The van der Waals surface area contributed by atoms with Crippen molar-refractivity contribution >= 4 is 5.91 Å². The molecule has 1 aliphatic rings. The van der Waals surface area contributed by atoms with Gasteiger partial charge in [-0.3, -0.25) is 15.1 Å². The van der Waals surface area contributed by atoms with E-state index in [9.17, 15) is 4.79 Å². The third-order valence-electron chi connectivity index (χ3n) is 3.70. The molecular weight excluding hydrogens is 230 g/mol. The predicted octanol–water partition coefficient (Wildman–Crippen LogP) is 1.65. The van der Waals surface area contributed by atoms with Gasteiger partial charge in [-0.25, -0.2) is 5.84 Å². The van der Waals surface area contributed by atoms with Crippen LogP contribution in [0.25, 0.3) is 0 Å². The third-order valence-corrected chi connectivity index (χ3v) is 3.70. The lowest BCUT2D eigenvalue weighted by atomic mass is 9.94. The first-order valence-corrected chi connectivity index (χ1v) is 6.50. The minimum Gasteiger partial charge on any atom is -0.459 e. The number of nitrogens with two attached hydrogens (primary N) is 1. The molecule has 2 rings (SSSR count). The summed E-state index contributed by atoms with van der Waals surface area (Å²) in [6, 6.07) is 2.45. The summed E-state index contributed by atoms with van der Waals surface area (Å²) in [7, 11) is 2.10. The van der Waals surface area contributed by atoms with Gasteiger partial charge in [0.1, 0.15) is 0 Å². The van der Waals surface area contributed by atoms with E-state index in [2.05, 4.69) is 17.4 Å². The van der Waals surface area contributed by atoms with E-state index in [4.69, 9.17) is 10.3 Å². The zero-order valence-corrected chi connectivity index (χ0v) is 10.8. The Hall–Kier alpha value is -1.33. The molecular formula is C13H21N3O2. The number of nitrogens with zero attached hydrogens (tertiary/aromatic N) is 1. The SMILES string of the molecule is CN(Cc1ccoc1C(=O)NN)C1CCCCC1. The van der Waals surface area contributed by atoms with Crippen molar-refractivity contribution in [2.45, 2.75) is 44.7 Å². The Morgan fingerprint density at radius 1 is 1.50 bits per heavy atom. The highest BCUT2D eigenvalue weighted by molar-refractivity contribution is 5.92. The molecule has 1 saturated carbocycles. The molecule has 0 spiro atoms. The topological polar surface area (TPSA) is 71.5 Å². The molecule has 5 heteroatoms. The number of amides is 1. The van der Waals surface area contributed by atoms with Crippen LogP contribution in [-0.2, 0) is 6.54 Å². The quantitative estimate of drug-likeness (QED) is 0.485. The van der Waals surface area contributed by atoms with Crippen LogP contribution >= 0.6 is 0 Å². The first kappa shape index (κ1) is 13.1. The van der Waals surface area contributed by atoms with Crippen LogP contribution in [0.2, 0.25) is 0 Å². The second kappa shape index (κ2) is 6.02. The second-order valence-corrected chi connectivity index (χ2v) is 4.96. The molecule has 1 aliphatic carbocycles. The van der Waals surface area contributed by atoms with E-state index in [-0.39, 0.29) is 5.91 Å². The predicted molar refractivity (Wildman–Crippen MR) is 68.7 cm³/mol. The van der Waals surface area contributed by atoms with Crippen molar-refractivity contribution in [2.75, 3.05) is 7.05 Å². The van der Waals surface area contributed by atoms with Crippen molar-refractivity contribution in [2.24, 2.45) is 5.84 Å². The maximum absolute atomic E-state index is 11.5. The maximum atomic E-state index is 11.5. The molecule has 0 radical (unpaired) electrons. The van der Waals surface area contributed by atoms with Gasteiger partial charge >= 0.3 is 5.91 Å². The van der Waals surface area contributed by atoms with Gasteiger partial charge in [0.25, 0.3) is 0 Å². The van der Waals surface area contributed by atoms with Crippen molar-refractivity contribution in [1.29, 1.82) is 0 Å². The average Bonchev–Trinajstić information content (AvgIpc) is 2.87. The standard InChI is InChI=1S/C13H21N3O2/c1-16(11-5-3-2-4-6-11)9-10-7-8-18-12(10)13(17)15-14/h7-8,11H,2-6,9,14H2,1H3,(H,15,17). The van der Waals surface area contributed by atoms with Gasteiger partial charge in [0.15, 0.2) is 5.76 Å². The molecule has 18 heavy (non-hydrogen) atoms. The molecule has 1 aromatic rings. The van der Waals surface area contributed by atoms with Gasteiger partial charge < -0.3 is 4.42 Å². The van der Waals surface area contributed by atoms with Crippen molar-refractivity contribution in [1.82, 2.24) is 10.3 Å². The summed E-state index contributed by atoms with van der Waals surface area (Å²) in [5.41, 5.74) is 3.00. The van der Waals surface area contributed by atoms with E-state index >= 15 is 0 Å². The lowest BCUT2D eigenvalue weighted by molar-refractivity contribution is 0.0922. The van der Waals surface area contributed by atoms with Crippen LogP contribution in [0, 0.1) is 0 Å². The molecule has 3 N–H and O–H groups in total. The first-order valence-electron chi connectivity index (χ1n) is 6.50. The third kappa shape index (κ3) is 2.91. The van der Waals surface area contributed by atoms with E-state index < -0.39 is 0 Å². The lowest BCUT2D eigenvalue weighted by Crippen LogP contribution is -2.34. The number of nitrogen functional groups attached to an aromatic ring is 1. The van der Waals surface area contributed by atoms with Gasteiger partial charge in [0.05, 0.1) is 6.26 Å². The van der Waals surface area contributed by atoms with Gasteiger partial charge in [-0.2, -0.15) is 0 Å². The molecule has 1 amide bonds. The van der Waals surface area contributed by atoms with Crippen LogP contribution in [0.4, 0.5) is 0 Å². The average molecular weight is 251 g/mol. The number of furan rings is 1. The Morgan fingerprint density at radius 2 is 2.22 bits per heavy atom. The summed E-state index contributed by atoms with van der Waals surface area (Å²) in [4.78, 5) is 13.8. The Morgan fingerprint density at radius 3 is 2.89 bits per heavy atom. The van der Waals surface area contributed by atoms with Crippen molar-refractivity contribution in [3.8, 4) is 0 Å². The van der Waals surface area contributed by atoms with E-state index in [1.165, 1.54) is 38.4 Å². The van der Waals surface area contributed by atoms with Crippen LogP contribution in [-0.4, -0.2) is 23.9 Å². The van der Waals surface area contributed by atoms with Gasteiger partial charge in [-0.1, -0.05) is 19.3 Å². The van der Waals surface area contributed by atoms with Crippen molar-refractivity contribution in [3.63, 3.8) is 0 Å². The molecule has 0 bridgehead atoms. The van der Waals surface area contributed by atoms with E-state index in [1.54, 1.807) is 0 Å². The highest BCUT2D eigenvalue weighted by Gasteiger charge is 2.21. The monoisotopic (exact) mass is 251 g/mol. The highest BCUT2D eigenvalue weighted by Crippen LogP contribution is 2.23. The summed E-state index contributed by atoms with van der Waals surface area (Å²) in [5.74, 6) is 5.08. The fraction of sp³-hybridized carbons (Fsp3) is 0.615. The van der Waals surface area contributed by atoms with Gasteiger partial charge in [0.2, 0.25) is 0 Å². The van der Waals surface area contributed by atoms with Crippen molar-refractivity contribution < 1.29 is 9.21 Å². The second-order valence-electron chi connectivity index (χ2n) is 4.96. The van der Waals surface area contributed by atoms with Crippen LogP contribution in [0.15, 0.2) is 16.7 Å². The zero-order valence-electron chi connectivity index (χ0n) is 10.8. The summed E-state index contributed by atoms with van der Waals surface area (Å²) in [5, 5.41) is 0. The van der Waals surface area contributed by atoms with Crippen LogP contribution in [0.5, 0.6) is 0 Å². The zero-order chi connectivity index (χ0) is 13.0. The molecule has 1 fully saturated rings. The Kier molecular flexibility index (Phi) is 4.38. The highest BCUT2D eigenvalue weighted by atomic mass is 16.3. The smallest absolute Gasteiger partial charge is 0.301 e. The number of rotatable bonds is 4. The molecule has 100 valence electrons. The Labute approximate surface area is 107 Å². The number of carbonyl (C=O) groups is 1. The minimum absolute atomic E-state index is 0.320. The Balaban J connectivity index is 2.00. The Bertz CT molecular complexity index is 397. The van der Waals surface area contributed by atoms with E-state index in [0.717, 1.165) is 12.1 Å². The fourth-order valence-electron chi connectivity index (χ4n) is 2.64. The molecule has 0 saturated heterocycles. The number of hydrogen-bond acceptors (Lipinski definition) is 4. The summed E-state index contributed by atoms with van der Waals surface area (Å²) in [6.45, 7) is 0.726. The summed E-state index contributed by atoms with van der Waals surface area (Å²) in [6.07, 6.45) is 7.97. The fourth-order valence-corrected chi connectivity index (χ4v) is 2.64. The van der Waals surface area contributed by atoms with Crippen LogP contribution < -0.4 is 11.3 Å². The van der Waals surface area contributed by atoms with E-state index in [1.807, 2.05) is 6.07 Å². The largest absolute Gasteiger partial charge is 0.459 e. The first-order chi connectivity index (χ1) is 8.72. The summed E-state index contributed by atoms with van der Waals surface area (Å²) >= 11 is 0.